The van der Waals surface area contributed by atoms with E-state index in [-0.39, 0.29) is 23.9 Å². The Morgan fingerprint density at radius 1 is 0.892 bits per heavy atom. The van der Waals surface area contributed by atoms with Gasteiger partial charge in [0.2, 0.25) is 5.91 Å². The lowest BCUT2D eigenvalue weighted by molar-refractivity contribution is -0.119. The molecule has 5 rings (SSSR count). The monoisotopic (exact) mass is 497 g/mol. The highest BCUT2D eigenvalue weighted by Crippen LogP contribution is 2.39. The van der Waals surface area contributed by atoms with Gasteiger partial charge in [0.15, 0.2) is 0 Å². The Morgan fingerprint density at radius 2 is 1.57 bits per heavy atom. The number of rotatable bonds is 6. The molecule has 192 valence electrons. The van der Waals surface area contributed by atoms with Crippen molar-refractivity contribution in [3.05, 3.63) is 83.9 Å². The topological polar surface area (TPSA) is 67.9 Å². The number of carbonyl (C=O) groups excluding carboxylic acids is 2. The molecule has 7 heteroatoms. The summed E-state index contributed by atoms with van der Waals surface area (Å²) in [7, 11) is 3.95. The Labute approximate surface area is 219 Å². The molecule has 7 nitrogen and oxygen atoms in total. The van der Waals surface area contributed by atoms with Crippen LogP contribution < -0.4 is 20.4 Å². The summed E-state index contributed by atoms with van der Waals surface area (Å²) in [5.74, 6) is 0.0615. The van der Waals surface area contributed by atoms with E-state index in [9.17, 15) is 9.59 Å². The minimum atomic E-state index is -0.268. The van der Waals surface area contributed by atoms with Crippen LogP contribution in [0.15, 0.2) is 72.8 Å². The van der Waals surface area contributed by atoms with Crippen LogP contribution in [0.1, 0.15) is 35.7 Å². The van der Waals surface area contributed by atoms with Gasteiger partial charge in [-0.25, -0.2) is 0 Å². The second-order valence-corrected chi connectivity index (χ2v) is 10.1. The molecule has 1 saturated heterocycles. The molecule has 0 saturated carbocycles. The van der Waals surface area contributed by atoms with Gasteiger partial charge in [0.05, 0.1) is 11.4 Å². The van der Waals surface area contributed by atoms with Crippen LogP contribution in [0.4, 0.5) is 22.7 Å². The van der Waals surface area contributed by atoms with Gasteiger partial charge in [-0.15, -0.1) is 0 Å². The number of amides is 2. The molecule has 2 amide bonds. The van der Waals surface area contributed by atoms with Crippen molar-refractivity contribution in [1.82, 2.24) is 10.2 Å². The summed E-state index contributed by atoms with van der Waals surface area (Å²) in [6, 6.07) is 23.8. The fourth-order valence-electron chi connectivity index (χ4n) is 5.15. The highest BCUT2D eigenvalue weighted by Gasteiger charge is 2.33. The molecule has 2 aliphatic rings. The summed E-state index contributed by atoms with van der Waals surface area (Å²) >= 11 is 0. The first kappa shape index (κ1) is 24.8. The number of hydrogen-bond acceptors (Lipinski definition) is 5. The molecule has 1 atom stereocenters. The predicted octanol–water partition coefficient (Wildman–Crippen LogP) is 4.63. The van der Waals surface area contributed by atoms with Crippen molar-refractivity contribution >= 4 is 34.6 Å². The average Bonchev–Trinajstić information content (AvgIpc) is 2.92. The first-order valence-corrected chi connectivity index (χ1v) is 13.0. The van der Waals surface area contributed by atoms with E-state index in [2.05, 4.69) is 45.7 Å². The molecule has 0 bridgehead atoms. The molecule has 0 aromatic heterocycles. The van der Waals surface area contributed by atoms with Crippen molar-refractivity contribution in [2.24, 2.45) is 0 Å². The molecule has 0 radical (unpaired) electrons. The standard InChI is InChI=1S/C30H35N5O2/c1-21-30(37)34(3)27-14-13-26(19-28(27)35(21)20-22-7-5-4-6-8-22)31-24-11-9-23(10-12-24)29(36)32-25-15-17-33(2)18-16-25/h4-14,19,21,25,31H,15-18,20H2,1-3H3,(H,32,36). The van der Waals surface area contributed by atoms with E-state index in [0.717, 1.165) is 54.2 Å². The van der Waals surface area contributed by atoms with Crippen molar-refractivity contribution in [2.75, 3.05) is 42.3 Å². The second kappa shape index (κ2) is 10.6. The summed E-state index contributed by atoms with van der Waals surface area (Å²) in [6.45, 7) is 4.64. The Hall–Kier alpha value is -3.84. The number of benzene rings is 3. The number of carbonyl (C=O) groups is 2. The molecular weight excluding hydrogens is 462 g/mol. The zero-order valence-electron chi connectivity index (χ0n) is 21.8. The lowest BCUT2D eigenvalue weighted by atomic mass is 10.0. The zero-order valence-corrected chi connectivity index (χ0v) is 21.8. The highest BCUT2D eigenvalue weighted by atomic mass is 16.2. The van der Waals surface area contributed by atoms with Crippen LogP contribution >= 0.6 is 0 Å². The minimum Gasteiger partial charge on any atom is -0.355 e. The molecule has 1 unspecified atom stereocenters. The van der Waals surface area contributed by atoms with Gasteiger partial charge >= 0.3 is 0 Å². The van der Waals surface area contributed by atoms with Crippen molar-refractivity contribution in [3.63, 3.8) is 0 Å². The van der Waals surface area contributed by atoms with E-state index in [0.29, 0.717) is 12.1 Å². The van der Waals surface area contributed by atoms with E-state index in [1.165, 1.54) is 0 Å². The molecule has 3 aromatic rings. The van der Waals surface area contributed by atoms with E-state index >= 15 is 0 Å². The Balaban J connectivity index is 1.31. The summed E-state index contributed by atoms with van der Waals surface area (Å²) in [5.41, 5.74) is 5.56. The molecule has 2 aliphatic heterocycles. The SMILES string of the molecule is CC1C(=O)N(C)c2ccc(Nc3ccc(C(=O)NC4CCN(C)CC4)cc3)cc2N1Cc1ccccc1. The number of nitrogens with zero attached hydrogens (tertiary/aromatic N) is 3. The van der Waals surface area contributed by atoms with Crippen LogP contribution in [-0.4, -0.2) is 56.0 Å². The minimum absolute atomic E-state index is 0.0203. The van der Waals surface area contributed by atoms with Gasteiger partial charge in [0, 0.05) is 36.6 Å². The van der Waals surface area contributed by atoms with Crippen LogP contribution in [-0.2, 0) is 11.3 Å². The smallest absolute Gasteiger partial charge is 0.251 e. The number of nitrogens with one attached hydrogen (secondary N) is 2. The number of likely N-dealkylation sites (tertiary alicyclic amines) is 1. The summed E-state index contributed by atoms with van der Waals surface area (Å²) in [4.78, 5) is 31.8. The third-order valence-electron chi connectivity index (χ3n) is 7.49. The van der Waals surface area contributed by atoms with Gasteiger partial charge in [-0.3, -0.25) is 9.59 Å². The highest BCUT2D eigenvalue weighted by molar-refractivity contribution is 6.05. The van der Waals surface area contributed by atoms with E-state index in [4.69, 9.17) is 0 Å². The first-order chi connectivity index (χ1) is 17.9. The molecule has 1 fully saturated rings. The van der Waals surface area contributed by atoms with Gasteiger partial charge in [-0.2, -0.15) is 0 Å². The van der Waals surface area contributed by atoms with Crippen molar-refractivity contribution < 1.29 is 9.59 Å². The summed E-state index contributed by atoms with van der Waals surface area (Å²) in [5, 5.41) is 6.64. The van der Waals surface area contributed by atoms with Gasteiger partial charge in [-0.1, -0.05) is 30.3 Å². The van der Waals surface area contributed by atoms with Crippen LogP contribution in [0, 0.1) is 0 Å². The fraction of sp³-hybridized carbons (Fsp3) is 0.333. The normalized spacial score (nSPS) is 18.5. The average molecular weight is 498 g/mol. The Morgan fingerprint density at radius 3 is 2.27 bits per heavy atom. The van der Waals surface area contributed by atoms with Crippen molar-refractivity contribution in [2.45, 2.75) is 38.4 Å². The van der Waals surface area contributed by atoms with Crippen LogP contribution in [0.25, 0.3) is 0 Å². The maximum atomic E-state index is 12.9. The van der Waals surface area contributed by atoms with Crippen molar-refractivity contribution in [3.8, 4) is 0 Å². The molecule has 37 heavy (non-hydrogen) atoms. The lowest BCUT2D eigenvalue weighted by Gasteiger charge is -2.40. The van der Waals surface area contributed by atoms with E-state index in [1.54, 1.807) is 4.90 Å². The van der Waals surface area contributed by atoms with Gasteiger partial charge in [-0.05, 0) is 87.9 Å². The number of piperidine rings is 1. The van der Waals surface area contributed by atoms with Gasteiger partial charge < -0.3 is 25.3 Å². The number of anilines is 4. The maximum Gasteiger partial charge on any atom is 0.251 e. The van der Waals surface area contributed by atoms with E-state index in [1.807, 2.05) is 68.6 Å². The fourth-order valence-corrected chi connectivity index (χ4v) is 5.15. The Kier molecular flexibility index (Phi) is 7.15. The van der Waals surface area contributed by atoms with Gasteiger partial charge in [0.25, 0.3) is 5.91 Å². The molecule has 3 aromatic carbocycles. The largest absolute Gasteiger partial charge is 0.355 e. The zero-order chi connectivity index (χ0) is 25.9. The van der Waals surface area contributed by atoms with Crippen LogP contribution in [0.3, 0.4) is 0 Å². The molecule has 2 heterocycles. The Bertz CT molecular complexity index is 1250. The number of fused-ring (bicyclic) bond motifs is 1. The predicted molar refractivity (Wildman–Crippen MR) is 150 cm³/mol. The van der Waals surface area contributed by atoms with Crippen LogP contribution in [0.5, 0.6) is 0 Å². The van der Waals surface area contributed by atoms with Crippen LogP contribution in [0.2, 0.25) is 0 Å². The maximum absolute atomic E-state index is 12.9. The quantitative estimate of drug-likeness (QED) is 0.520. The summed E-state index contributed by atoms with van der Waals surface area (Å²) in [6.07, 6.45) is 1.97. The van der Waals surface area contributed by atoms with Gasteiger partial charge in [0.1, 0.15) is 6.04 Å². The molecule has 2 N–H and O–H groups in total. The first-order valence-electron chi connectivity index (χ1n) is 13.0. The lowest BCUT2D eigenvalue weighted by Crippen LogP contribution is -2.50. The molecular formula is C30H35N5O2. The number of likely N-dealkylation sites (N-methyl/N-ethyl adjacent to an activating group) is 1. The molecule has 0 aliphatic carbocycles. The molecule has 0 spiro atoms. The summed E-state index contributed by atoms with van der Waals surface area (Å²) < 4.78 is 0. The number of hydrogen-bond donors (Lipinski definition) is 2. The van der Waals surface area contributed by atoms with E-state index < -0.39 is 0 Å². The third-order valence-corrected chi connectivity index (χ3v) is 7.49. The second-order valence-electron chi connectivity index (χ2n) is 10.1. The van der Waals surface area contributed by atoms with Crippen molar-refractivity contribution in [1.29, 1.82) is 0 Å². The third kappa shape index (κ3) is 5.47.